The van der Waals surface area contributed by atoms with Crippen molar-refractivity contribution in [3.63, 3.8) is 0 Å². The Hall–Kier alpha value is -0.120. The van der Waals surface area contributed by atoms with E-state index in [9.17, 15) is 0 Å². The number of nitrogens with one attached hydrogen (secondary N) is 1. The third-order valence-corrected chi connectivity index (χ3v) is 4.50. The molecule has 19 heavy (non-hydrogen) atoms. The third-order valence-electron chi connectivity index (χ3n) is 4.50. The summed E-state index contributed by atoms with van der Waals surface area (Å²) in [6.07, 6.45) is 4.21. The molecule has 2 atom stereocenters. The van der Waals surface area contributed by atoms with Gasteiger partial charge in [-0.05, 0) is 63.8 Å². The Bertz CT molecular complexity index is 254. The van der Waals surface area contributed by atoms with Crippen LogP contribution in [0.1, 0.15) is 40.0 Å². The molecule has 0 radical (unpaired) electrons. The largest absolute Gasteiger partial charge is 0.316 e. The maximum atomic E-state index is 3.60. The van der Waals surface area contributed by atoms with Crippen LogP contribution in [-0.4, -0.2) is 61.7 Å². The Kier molecular flexibility index (Phi) is 6.11. The fraction of sp³-hybridized carbons (Fsp3) is 1.00. The summed E-state index contributed by atoms with van der Waals surface area (Å²) in [6, 6.07) is 0.860. The van der Waals surface area contributed by atoms with Crippen molar-refractivity contribution < 1.29 is 0 Å². The first-order valence-electron chi connectivity index (χ1n) is 8.32. The summed E-state index contributed by atoms with van der Waals surface area (Å²) < 4.78 is 0. The first-order valence-corrected chi connectivity index (χ1v) is 8.32. The molecule has 2 aliphatic rings. The predicted molar refractivity (Wildman–Crippen MR) is 82.5 cm³/mol. The first-order chi connectivity index (χ1) is 9.15. The number of fused-ring (bicyclic) bond motifs is 1. The van der Waals surface area contributed by atoms with E-state index in [-0.39, 0.29) is 0 Å². The van der Waals surface area contributed by atoms with Crippen molar-refractivity contribution in [3.8, 4) is 0 Å². The topological polar surface area (TPSA) is 18.5 Å². The Morgan fingerprint density at radius 3 is 2.63 bits per heavy atom. The summed E-state index contributed by atoms with van der Waals surface area (Å²) >= 11 is 0. The van der Waals surface area contributed by atoms with Gasteiger partial charge in [-0.3, -0.25) is 4.90 Å². The molecule has 2 saturated heterocycles. The minimum Gasteiger partial charge on any atom is -0.316 e. The van der Waals surface area contributed by atoms with Crippen LogP contribution in [0.25, 0.3) is 0 Å². The highest BCUT2D eigenvalue weighted by Crippen LogP contribution is 2.21. The van der Waals surface area contributed by atoms with E-state index in [1.165, 1.54) is 58.5 Å². The molecule has 0 amide bonds. The van der Waals surface area contributed by atoms with Crippen molar-refractivity contribution >= 4 is 0 Å². The minimum atomic E-state index is 0.762. The Morgan fingerprint density at radius 2 is 1.84 bits per heavy atom. The van der Waals surface area contributed by atoms with Gasteiger partial charge in [0.25, 0.3) is 0 Å². The molecule has 0 aliphatic carbocycles. The second kappa shape index (κ2) is 7.61. The van der Waals surface area contributed by atoms with Gasteiger partial charge in [-0.2, -0.15) is 0 Å². The molecule has 3 heteroatoms. The van der Waals surface area contributed by atoms with Crippen LogP contribution in [0.2, 0.25) is 0 Å². The van der Waals surface area contributed by atoms with Gasteiger partial charge in [0, 0.05) is 19.1 Å². The molecule has 2 fully saturated rings. The van der Waals surface area contributed by atoms with E-state index in [1.807, 2.05) is 0 Å². The summed E-state index contributed by atoms with van der Waals surface area (Å²) in [6.45, 7) is 15.9. The molecule has 2 heterocycles. The molecule has 2 unspecified atom stereocenters. The molecular weight excluding hydrogens is 234 g/mol. The third kappa shape index (κ3) is 5.05. The lowest BCUT2D eigenvalue weighted by molar-refractivity contribution is 0.200. The molecule has 2 rings (SSSR count). The average Bonchev–Trinajstić information content (AvgIpc) is 2.68. The van der Waals surface area contributed by atoms with Crippen LogP contribution < -0.4 is 5.32 Å². The maximum absolute atomic E-state index is 3.60. The average molecular weight is 267 g/mol. The van der Waals surface area contributed by atoms with Crippen LogP contribution in [0, 0.1) is 11.8 Å². The molecule has 0 aromatic carbocycles. The van der Waals surface area contributed by atoms with Gasteiger partial charge in [0.15, 0.2) is 0 Å². The summed E-state index contributed by atoms with van der Waals surface area (Å²) in [4.78, 5) is 5.44. The monoisotopic (exact) mass is 267 g/mol. The van der Waals surface area contributed by atoms with Crippen LogP contribution in [0.15, 0.2) is 0 Å². The maximum Gasteiger partial charge on any atom is 0.0223 e. The van der Waals surface area contributed by atoms with Gasteiger partial charge in [0.1, 0.15) is 0 Å². The summed E-state index contributed by atoms with van der Waals surface area (Å²) in [7, 11) is 0. The van der Waals surface area contributed by atoms with Crippen LogP contribution in [0.3, 0.4) is 0 Å². The van der Waals surface area contributed by atoms with Crippen molar-refractivity contribution in [2.45, 2.75) is 46.1 Å². The van der Waals surface area contributed by atoms with Gasteiger partial charge in [-0.1, -0.05) is 20.8 Å². The van der Waals surface area contributed by atoms with Crippen molar-refractivity contribution in [1.82, 2.24) is 15.1 Å². The van der Waals surface area contributed by atoms with Crippen molar-refractivity contribution in [2.75, 3.05) is 45.8 Å². The Balaban J connectivity index is 1.69. The normalized spacial score (nSPS) is 27.5. The van der Waals surface area contributed by atoms with E-state index in [0.29, 0.717) is 0 Å². The SMILES string of the molecule is CC(C)CNCC(C)CN1CCCN2CCCC2C1. The lowest BCUT2D eigenvalue weighted by Crippen LogP contribution is -2.40. The predicted octanol–water partition coefficient (Wildman–Crippen LogP) is 2.04. The zero-order chi connectivity index (χ0) is 13.7. The summed E-state index contributed by atoms with van der Waals surface area (Å²) in [5.74, 6) is 1.53. The quantitative estimate of drug-likeness (QED) is 0.794. The number of hydrogen-bond donors (Lipinski definition) is 1. The highest BCUT2D eigenvalue weighted by atomic mass is 15.3. The van der Waals surface area contributed by atoms with Crippen molar-refractivity contribution in [3.05, 3.63) is 0 Å². The number of hydrogen-bond acceptors (Lipinski definition) is 3. The Morgan fingerprint density at radius 1 is 1.05 bits per heavy atom. The Labute approximate surface area is 119 Å². The van der Waals surface area contributed by atoms with Crippen LogP contribution in [0.5, 0.6) is 0 Å². The van der Waals surface area contributed by atoms with Crippen molar-refractivity contribution in [1.29, 1.82) is 0 Å². The van der Waals surface area contributed by atoms with Gasteiger partial charge >= 0.3 is 0 Å². The molecule has 0 aromatic rings. The molecule has 1 N–H and O–H groups in total. The zero-order valence-electron chi connectivity index (χ0n) is 13.2. The standard InChI is InChI=1S/C16H33N3/c1-14(2)10-17-11-15(3)12-18-7-5-9-19-8-4-6-16(19)13-18/h14-17H,4-13H2,1-3H3. The molecule has 2 aliphatic heterocycles. The van der Waals surface area contributed by atoms with E-state index >= 15 is 0 Å². The summed E-state index contributed by atoms with van der Waals surface area (Å²) in [5.41, 5.74) is 0. The molecule has 0 bridgehead atoms. The van der Waals surface area contributed by atoms with Gasteiger partial charge in [0.05, 0.1) is 0 Å². The molecule has 112 valence electrons. The van der Waals surface area contributed by atoms with E-state index in [1.54, 1.807) is 0 Å². The van der Waals surface area contributed by atoms with Crippen LogP contribution in [-0.2, 0) is 0 Å². The lowest BCUT2D eigenvalue weighted by Gasteiger charge is -2.28. The highest BCUT2D eigenvalue weighted by molar-refractivity contribution is 4.85. The van der Waals surface area contributed by atoms with Gasteiger partial charge in [-0.25, -0.2) is 0 Å². The van der Waals surface area contributed by atoms with Crippen molar-refractivity contribution in [2.24, 2.45) is 11.8 Å². The molecule has 3 nitrogen and oxygen atoms in total. The number of rotatable bonds is 6. The molecular formula is C16H33N3. The second-order valence-corrected chi connectivity index (χ2v) is 7.10. The van der Waals surface area contributed by atoms with Crippen LogP contribution >= 0.6 is 0 Å². The smallest absolute Gasteiger partial charge is 0.0223 e. The molecule has 0 spiro atoms. The zero-order valence-corrected chi connectivity index (χ0v) is 13.2. The summed E-state index contributed by atoms with van der Waals surface area (Å²) in [5, 5.41) is 3.60. The van der Waals surface area contributed by atoms with Gasteiger partial charge in [-0.15, -0.1) is 0 Å². The van der Waals surface area contributed by atoms with E-state index in [2.05, 4.69) is 35.9 Å². The fourth-order valence-electron chi connectivity index (χ4n) is 3.57. The van der Waals surface area contributed by atoms with E-state index < -0.39 is 0 Å². The van der Waals surface area contributed by atoms with Gasteiger partial charge < -0.3 is 10.2 Å². The first kappa shape index (κ1) is 15.3. The fourth-order valence-corrected chi connectivity index (χ4v) is 3.57. The molecule has 0 aromatic heterocycles. The second-order valence-electron chi connectivity index (χ2n) is 7.10. The molecule has 0 saturated carbocycles. The van der Waals surface area contributed by atoms with Gasteiger partial charge in [0.2, 0.25) is 0 Å². The highest BCUT2D eigenvalue weighted by Gasteiger charge is 2.28. The van der Waals surface area contributed by atoms with E-state index in [0.717, 1.165) is 24.4 Å². The lowest BCUT2D eigenvalue weighted by atomic mass is 10.1. The minimum absolute atomic E-state index is 0.762. The van der Waals surface area contributed by atoms with E-state index in [4.69, 9.17) is 0 Å². The number of nitrogens with zero attached hydrogens (tertiary/aromatic N) is 2. The van der Waals surface area contributed by atoms with Crippen LogP contribution in [0.4, 0.5) is 0 Å².